The van der Waals surface area contributed by atoms with E-state index in [4.69, 9.17) is 21.4 Å². The molecule has 1 aliphatic heterocycles. The van der Waals surface area contributed by atoms with Crippen LogP contribution in [0, 0.1) is 5.82 Å². The minimum Gasteiger partial charge on any atom is -0.497 e. The van der Waals surface area contributed by atoms with Crippen LogP contribution in [0.3, 0.4) is 0 Å². The van der Waals surface area contributed by atoms with E-state index >= 15 is 0 Å². The molecular weight excluding hydrogens is 363 g/mol. The summed E-state index contributed by atoms with van der Waals surface area (Å²) in [7, 11) is 1.65. The molecule has 3 nitrogen and oxygen atoms in total. The molecule has 0 amide bonds. The van der Waals surface area contributed by atoms with Crippen molar-refractivity contribution in [3.05, 3.63) is 94.8 Å². The Morgan fingerprint density at radius 3 is 2.44 bits per heavy atom. The van der Waals surface area contributed by atoms with E-state index in [1.54, 1.807) is 19.2 Å². The molecule has 0 radical (unpaired) electrons. The largest absolute Gasteiger partial charge is 0.497 e. The van der Waals surface area contributed by atoms with E-state index in [9.17, 15) is 4.39 Å². The van der Waals surface area contributed by atoms with Gasteiger partial charge in [0.05, 0.1) is 24.6 Å². The normalized spacial score (nSPS) is 16.3. The Labute approximate surface area is 162 Å². The summed E-state index contributed by atoms with van der Waals surface area (Å²) < 4.78 is 18.6. The van der Waals surface area contributed by atoms with Crippen molar-refractivity contribution in [2.75, 3.05) is 12.1 Å². The number of anilines is 1. The van der Waals surface area contributed by atoms with Gasteiger partial charge in [-0.3, -0.25) is 5.01 Å². The molecule has 1 atom stereocenters. The first-order chi connectivity index (χ1) is 13.1. The number of hydrazone groups is 1. The molecule has 4 rings (SSSR count). The van der Waals surface area contributed by atoms with Gasteiger partial charge in [0.2, 0.25) is 0 Å². The number of benzene rings is 3. The van der Waals surface area contributed by atoms with E-state index in [2.05, 4.69) is 0 Å². The average Bonchev–Trinajstić information content (AvgIpc) is 3.14. The molecule has 0 fully saturated rings. The standard InChI is InChI=1S/C22H18ClFN2O/c1-27-20-11-7-16(8-12-20)22-14-21(15-5-9-18(24)10-6-15)25-26(22)19-4-2-3-17(23)13-19/h2-13,22H,14H2,1H3/t22-/m1/s1. The highest BCUT2D eigenvalue weighted by Gasteiger charge is 2.30. The van der Waals surface area contributed by atoms with Gasteiger partial charge in [-0.25, -0.2) is 4.39 Å². The van der Waals surface area contributed by atoms with E-state index < -0.39 is 0 Å². The Hall–Kier alpha value is -2.85. The lowest BCUT2D eigenvalue weighted by Gasteiger charge is -2.24. The first kappa shape index (κ1) is 17.6. The molecule has 0 spiro atoms. The summed E-state index contributed by atoms with van der Waals surface area (Å²) in [5.74, 6) is 0.557. The molecule has 1 heterocycles. The summed E-state index contributed by atoms with van der Waals surface area (Å²) in [6, 6.07) is 22.1. The van der Waals surface area contributed by atoms with Gasteiger partial charge < -0.3 is 4.74 Å². The van der Waals surface area contributed by atoms with Crippen molar-refractivity contribution in [2.45, 2.75) is 12.5 Å². The van der Waals surface area contributed by atoms with Gasteiger partial charge in [-0.1, -0.05) is 41.9 Å². The number of nitrogens with zero attached hydrogens (tertiary/aromatic N) is 2. The SMILES string of the molecule is COc1ccc([C@H]2CC(c3ccc(F)cc3)=NN2c2cccc(Cl)c2)cc1. The molecule has 1 aliphatic rings. The van der Waals surface area contributed by atoms with Crippen molar-refractivity contribution >= 4 is 23.0 Å². The molecule has 5 heteroatoms. The molecule has 0 unspecified atom stereocenters. The number of halogens is 2. The van der Waals surface area contributed by atoms with Crippen LogP contribution in [0.1, 0.15) is 23.6 Å². The van der Waals surface area contributed by atoms with Crippen molar-refractivity contribution in [3.63, 3.8) is 0 Å². The number of hydrogen-bond acceptors (Lipinski definition) is 3. The quantitative estimate of drug-likeness (QED) is 0.567. The lowest BCUT2D eigenvalue weighted by molar-refractivity contribution is 0.414. The van der Waals surface area contributed by atoms with Gasteiger partial charge in [-0.15, -0.1) is 0 Å². The van der Waals surface area contributed by atoms with E-state index in [0.29, 0.717) is 11.4 Å². The molecule has 0 bridgehead atoms. The molecule has 0 saturated heterocycles. The van der Waals surface area contributed by atoms with Crippen molar-refractivity contribution in [2.24, 2.45) is 5.10 Å². The Kier molecular flexibility index (Phi) is 4.82. The maximum Gasteiger partial charge on any atom is 0.123 e. The zero-order valence-electron chi connectivity index (χ0n) is 14.8. The fourth-order valence-electron chi connectivity index (χ4n) is 3.27. The first-order valence-electron chi connectivity index (χ1n) is 8.66. The van der Waals surface area contributed by atoms with E-state index in [-0.39, 0.29) is 11.9 Å². The molecule has 0 N–H and O–H groups in total. The predicted octanol–water partition coefficient (Wildman–Crippen LogP) is 5.84. The molecular formula is C22H18ClFN2O. The fraction of sp³-hybridized carbons (Fsp3) is 0.136. The predicted molar refractivity (Wildman–Crippen MR) is 107 cm³/mol. The van der Waals surface area contributed by atoms with Gasteiger partial charge in [0.1, 0.15) is 11.6 Å². The second kappa shape index (κ2) is 7.41. The monoisotopic (exact) mass is 380 g/mol. The van der Waals surface area contributed by atoms with Gasteiger partial charge in [0, 0.05) is 11.4 Å². The van der Waals surface area contributed by atoms with Crippen LogP contribution in [0.5, 0.6) is 5.75 Å². The van der Waals surface area contributed by atoms with Gasteiger partial charge in [0.15, 0.2) is 0 Å². The Balaban J connectivity index is 1.73. The summed E-state index contributed by atoms with van der Waals surface area (Å²) in [5.41, 5.74) is 3.87. The number of methoxy groups -OCH3 is 1. The van der Waals surface area contributed by atoms with Gasteiger partial charge >= 0.3 is 0 Å². The molecule has 136 valence electrons. The molecule has 3 aromatic carbocycles. The summed E-state index contributed by atoms with van der Waals surface area (Å²) in [6.45, 7) is 0. The van der Waals surface area contributed by atoms with E-state index in [1.807, 2.05) is 53.5 Å². The summed E-state index contributed by atoms with van der Waals surface area (Å²) in [4.78, 5) is 0. The second-order valence-corrected chi connectivity index (χ2v) is 6.81. The zero-order valence-corrected chi connectivity index (χ0v) is 15.5. The fourth-order valence-corrected chi connectivity index (χ4v) is 3.45. The molecule has 0 saturated carbocycles. The van der Waals surface area contributed by atoms with Crippen LogP contribution in [0.25, 0.3) is 0 Å². The van der Waals surface area contributed by atoms with Crippen LogP contribution in [0.15, 0.2) is 77.9 Å². The summed E-state index contributed by atoms with van der Waals surface area (Å²) in [6.07, 6.45) is 0.713. The zero-order chi connectivity index (χ0) is 18.8. The maximum absolute atomic E-state index is 13.3. The third kappa shape index (κ3) is 3.67. The highest BCUT2D eigenvalue weighted by atomic mass is 35.5. The number of ether oxygens (including phenoxy) is 1. The maximum atomic E-state index is 13.3. The topological polar surface area (TPSA) is 24.8 Å². The van der Waals surface area contributed by atoms with Gasteiger partial charge in [0.25, 0.3) is 0 Å². The third-order valence-electron chi connectivity index (χ3n) is 4.66. The Morgan fingerprint density at radius 2 is 1.78 bits per heavy atom. The van der Waals surface area contributed by atoms with Crippen molar-refractivity contribution < 1.29 is 9.13 Å². The molecule has 3 aromatic rings. The van der Waals surface area contributed by atoms with Crippen molar-refractivity contribution in [1.82, 2.24) is 0 Å². The Morgan fingerprint density at radius 1 is 1.04 bits per heavy atom. The molecule has 0 aliphatic carbocycles. The average molecular weight is 381 g/mol. The molecule has 27 heavy (non-hydrogen) atoms. The molecule has 0 aromatic heterocycles. The van der Waals surface area contributed by atoms with Crippen LogP contribution in [-0.2, 0) is 0 Å². The third-order valence-corrected chi connectivity index (χ3v) is 4.90. The lowest BCUT2D eigenvalue weighted by atomic mass is 9.98. The highest BCUT2D eigenvalue weighted by Crippen LogP contribution is 2.37. The second-order valence-electron chi connectivity index (χ2n) is 6.37. The lowest BCUT2D eigenvalue weighted by Crippen LogP contribution is -2.18. The minimum absolute atomic E-state index is 0.0226. The Bertz CT molecular complexity index is 970. The van der Waals surface area contributed by atoms with Crippen LogP contribution < -0.4 is 9.75 Å². The van der Waals surface area contributed by atoms with Crippen LogP contribution in [0.4, 0.5) is 10.1 Å². The van der Waals surface area contributed by atoms with Crippen LogP contribution in [0.2, 0.25) is 5.02 Å². The summed E-state index contributed by atoms with van der Waals surface area (Å²) in [5, 5.41) is 7.47. The smallest absolute Gasteiger partial charge is 0.123 e. The first-order valence-corrected chi connectivity index (χ1v) is 9.04. The summed E-state index contributed by atoms with van der Waals surface area (Å²) >= 11 is 6.19. The van der Waals surface area contributed by atoms with Gasteiger partial charge in [-0.05, 0) is 53.6 Å². The van der Waals surface area contributed by atoms with Crippen molar-refractivity contribution in [3.8, 4) is 5.75 Å². The van der Waals surface area contributed by atoms with Gasteiger partial charge in [-0.2, -0.15) is 5.10 Å². The number of rotatable bonds is 4. The van der Waals surface area contributed by atoms with E-state index in [1.165, 1.54) is 12.1 Å². The van der Waals surface area contributed by atoms with Crippen LogP contribution >= 0.6 is 11.6 Å². The minimum atomic E-state index is -0.254. The van der Waals surface area contributed by atoms with Crippen molar-refractivity contribution in [1.29, 1.82) is 0 Å². The highest BCUT2D eigenvalue weighted by molar-refractivity contribution is 6.30. The van der Waals surface area contributed by atoms with Crippen LogP contribution in [-0.4, -0.2) is 12.8 Å². The number of hydrogen-bond donors (Lipinski definition) is 0. The van der Waals surface area contributed by atoms with E-state index in [0.717, 1.165) is 28.3 Å².